The Hall–Kier alpha value is -3.21. The first-order valence-corrected chi connectivity index (χ1v) is 18.4. The molecule has 0 fully saturated rings. The number of unbranched alkanes of at least 4 members (excludes halogenated alkanes) is 1. The topological polar surface area (TPSA) is 61.8 Å². The molecule has 0 saturated carbocycles. The summed E-state index contributed by atoms with van der Waals surface area (Å²) in [6.07, 6.45) is 5.14. The van der Waals surface area contributed by atoms with Crippen molar-refractivity contribution >= 4 is 44.4 Å². The van der Waals surface area contributed by atoms with Crippen molar-refractivity contribution in [1.82, 2.24) is 0 Å². The minimum absolute atomic E-state index is 0.00310. The zero-order valence-electron chi connectivity index (χ0n) is 26.5. The van der Waals surface area contributed by atoms with Gasteiger partial charge in [-0.3, -0.25) is 4.79 Å². The minimum atomic E-state index is -10.7. The van der Waals surface area contributed by atoms with Gasteiger partial charge in [-0.1, -0.05) is 70.5 Å². The van der Waals surface area contributed by atoms with Crippen LogP contribution >= 0.6 is 18.3 Å². The molecule has 4 aromatic rings. The van der Waals surface area contributed by atoms with Crippen molar-refractivity contribution in [2.45, 2.75) is 59.0 Å². The molecule has 0 saturated heterocycles. The van der Waals surface area contributed by atoms with Gasteiger partial charge >= 0.3 is 39.0 Å². The molecule has 256 valence electrons. The second-order valence-electron chi connectivity index (χ2n) is 10.7. The third kappa shape index (κ3) is 14.9. The Balaban J connectivity index is 0.000000266. The number of hydrogen-bond donors (Lipinski definition) is 0. The van der Waals surface area contributed by atoms with Gasteiger partial charge in [-0.2, -0.15) is 0 Å². The molecule has 1 aromatic heterocycles. The molecule has 0 aliphatic carbocycles. The summed E-state index contributed by atoms with van der Waals surface area (Å²) >= 11 is 0. The summed E-state index contributed by atoms with van der Waals surface area (Å²) < 4.78 is 77.7. The molecule has 1 heterocycles. The van der Waals surface area contributed by atoms with Gasteiger partial charge in [-0.25, -0.2) is 4.79 Å². The molecular weight excluding hydrogens is 653 g/mol. The predicted molar refractivity (Wildman–Crippen MR) is 177 cm³/mol. The zero-order valence-corrected chi connectivity index (χ0v) is 28.2. The first-order valence-electron chi connectivity index (χ1n) is 14.8. The monoisotopic (exact) mass is 694 g/mol. The second kappa shape index (κ2) is 16.1. The summed E-state index contributed by atoms with van der Waals surface area (Å²) in [4.78, 5) is 24.2. The summed E-state index contributed by atoms with van der Waals surface area (Å²) in [5, 5.41) is 1.78. The standard InChI is InChI=1S/C17H17OS.C16H24O4.F6P/c1-11(2)12-8-9-16-14(10-12)17(18)13-6-4-5-7-15(13)19(16)3;1-3-5-11-18-14(4-2)12-20-16(17)13-19-15-9-7-6-8-10-15;1-7(2,3,4,5)6/h4-11H,1-3H3;6-10,14H,3-5,11-13H2,1-2H3;/q+1;;-1. The van der Waals surface area contributed by atoms with Crippen molar-refractivity contribution in [1.29, 1.82) is 0 Å². The van der Waals surface area contributed by atoms with E-state index in [0.29, 0.717) is 18.3 Å². The van der Waals surface area contributed by atoms with Gasteiger partial charge < -0.3 is 14.2 Å². The fourth-order valence-electron chi connectivity index (χ4n) is 4.10. The van der Waals surface area contributed by atoms with E-state index in [9.17, 15) is 34.8 Å². The zero-order chi connectivity index (χ0) is 34.6. The van der Waals surface area contributed by atoms with Crippen molar-refractivity contribution < 1.29 is 44.2 Å². The van der Waals surface area contributed by atoms with Crippen LogP contribution < -0.4 is 10.2 Å². The number of fused-ring (bicyclic) bond motifs is 2. The van der Waals surface area contributed by atoms with Gasteiger partial charge in [0.05, 0.1) is 16.9 Å². The molecule has 5 nitrogen and oxygen atoms in total. The van der Waals surface area contributed by atoms with Crippen LogP contribution in [-0.2, 0) is 20.5 Å². The van der Waals surface area contributed by atoms with E-state index in [1.165, 1.54) is 15.0 Å². The van der Waals surface area contributed by atoms with Crippen LogP contribution in [0.3, 0.4) is 0 Å². The molecule has 3 aromatic carbocycles. The van der Waals surface area contributed by atoms with E-state index in [1.54, 1.807) is 12.1 Å². The van der Waals surface area contributed by atoms with Crippen LogP contribution in [-0.4, -0.2) is 31.9 Å². The van der Waals surface area contributed by atoms with Gasteiger partial charge in [-0.05, 0) is 71.2 Å². The molecule has 0 N–H and O–H groups in total. The van der Waals surface area contributed by atoms with Crippen LogP contribution in [0.1, 0.15) is 58.4 Å². The van der Waals surface area contributed by atoms with E-state index in [1.807, 2.05) is 43.3 Å². The van der Waals surface area contributed by atoms with E-state index in [4.69, 9.17) is 14.2 Å². The quantitative estimate of drug-likeness (QED) is 0.0391. The van der Waals surface area contributed by atoms with Crippen LogP contribution in [0.4, 0.5) is 25.2 Å². The van der Waals surface area contributed by atoms with E-state index in [-0.39, 0.29) is 41.2 Å². The van der Waals surface area contributed by atoms with Gasteiger partial charge in [0.1, 0.15) is 18.6 Å². The number of esters is 1. The van der Waals surface area contributed by atoms with Crippen molar-refractivity contribution in [3.05, 3.63) is 88.6 Å². The fraction of sp³-hybridized carbons (Fsp3) is 0.394. The Morgan fingerprint density at radius 2 is 1.43 bits per heavy atom. The van der Waals surface area contributed by atoms with Gasteiger partial charge in [0.25, 0.3) is 0 Å². The van der Waals surface area contributed by atoms with E-state index >= 15 is 0 Å². The molecule has 2 unspecified atom stereocenters. The molecule has 13 heteroatoms. The molecular formula is C33H41F6O5PS. The number of carbonyl (C=O) groups excluding carboxylic acids is 1. The van der Waals surface area contributed by atoms with E-state index in [0.717, 1.165) is 30.0 Å². The third-order valence-corrected chi connectivity index (χ3v) is 8.57. The number of halogens is 6. The molecule has 0 spiro atoms. The Kier molecular flexibility index (Phi) is 13.6. The molecule has 0 radical (unpaired) electrons. The van der Waals surface area contributed by atoms with E-state index in [2.05, 4.69) is 51.3 Å². The van der Waals surface area contributed by atoms with Gasteiger partial charge in [0.15, 0.2) is 16.0 Å². The number of carbonyl (C=O) groups is 1. The van der Waals surface area contributed by atoms with Crippen molar-refractivity contribution in [2.24, 2.45) is 6.26 Å². The van der Waals surface area contributed by atoms with E-state index < -0.39 is 7.81 Å². The Bertz CT molecular complexity index is 1620. The molecule has 0 aliphatic heterocycles. The molecule has 4 rings (SSSR count). The third-order valence-electron chi connectivity index (χ3n) is 6.54. The van der Waals surface area contributed by atoms with Gasteiger partial charge in [-0.15, -0.1) is 0 Å². The average molecular weight is 695 g/mol. The number of rotatable bonds is 11. The Morgan fingerprint density at radius 1 is 0.848 bits per heavy atom. The number of ether oxygens (including phenoxy) is 3. The van der Waals surface area contributed by atoms with Crippen molar-refractivity contribution in [3.63, 3.8) is 0 Å². The number of hydrogen-bond acceptors (Lipinski definition) is 5. The molecule has 2 atom stereocenters. The van der Waals surface area contributed by atoms with Crippen LogP contribution in [0.25, 0.3) is 20.2 Å². The molecule has 0 aliphatic rings. The molecule has 0 bridgehead atoms. The normalized spacial score (nSPS) is 13.9. The van der Waals surface area contributed by atoms with Crippen molar-refractivity contribution in [3.8, 4) is 5.75 Å². The van der Waals surface area contributed by atoms with Crippen LogP contribution in [0.15, 0.2) is 77.6 Å². The number of para-hydroxylation sites is 1. The maximum absolute atomic E-state index is 12.6. The average Bonchev–Trinajstić information content (AvgIpc) is 2.99. The first-order chi connectivity index (χ1) is 21.3. The summed E-state index contributed by atoms with van der Waals surface area (Å²) in [6, 6.07) is 23.6. The van der Waals surface area contributed by atoms with Crippen LogP contribution in [0.2, 0.25) is 0 Å². The van der Waals surface area contributed by atoms with Gasteiger partial charge in [0.2, 0.25) is 5.43 Å². The SMILES string of the molecule is CC(C)c1ccc2c(c1)c(=O)c1ccccc1[s+]2C.CCCCOC(CC)COC(=O)COc1ccccc1.F[P-](F)(F)(F)(F)F. The molecule has 0 amide bonds. The van der Waals surface area contributed by atoms with Gasteiger partial charge in [0, 0.05) is 6.61 Å². The summed E-state index contributed by atoms with van der Waals surface area (Å²) in [7, 11) is -10.7. The second-order valence-corrected chi connectivity index (χ2v) is 14.6. The van der Waals surface area contributed by atoms with Crippen LogP contribution in [0.5, 0.6) is 5.75 Å². The van der Waals surface area contributed by atoms with Crippen LogP contribution in [0, 0.1) is 0 Å². The summed E-state index contributed by atoms with van der Waals surface area (Å²) in [6.45, 7) is 9.39. The summed E-state index contributed by atoms with van der Waals surface area (Å²) in [5.41, 5.74) is 1.42. The number of benzene rings is 3. The summed E-state index contributed by atoms with van der Waals surface area (Å²) in [5.74, 6) is 0.746. The van der Waals surface area contributed by atoms with Crippen molar-refractivity contribution in [2.75, 3.05) is 19.8 Å². The Morgan fingerprint density at radius 3 is 2.02 bits per heavy atom. The fourth-order valence-corrected chi connectivity index (χ4v) is 5.86. The number of aryl methyl sites for hydroxylation is 1. The molecule has 46 heavy (non-hydrogen) atoms. The first kappa shape index (κ1) is 39.0. The maximum atomic E-state index is 12.6. The Labute approximate surface area is 267 Å². The predicted octanol–water partition coefficient (Wildman–Crippen LogP) is 11.3.